The van der Waals surface area contributed by atoms with E-state index < -0.39 is 0 Å². The number of hydrogen-bond acceptors (Lipinski definition) is 2. The van der Waals surface area contributed by atoms with Crippen LogP contribution in [-0.4, -0.2) is 21.0 Å². The first-order valence-electron chi connectivity index (χ1n) is 6.58. The van der Waals surface area contributed by atoms with Gasteiger partial charge in [-0.3, -0.25) is 4.68 Å². The highest BCUT2D eigenvalue weighted by Crippen LogP contribution is 2.44. The van der Waals surface area contributed by atoms with Crippen LogP contribution in [0.2, 0.25) is 0 Å². The fourth-order valence-corrected chi connectivity index (χ4v) is 3.28. The lowest BCUT2D eigenvalue weighted by Gasteiger charge is -2.31. The molecule has 1 saturated carbocycles. The molecule has 0 aliphatic heterocycles. The Morgan fingerprint density at radius 1 is 1.59 bits per heavy atom. The van der Waals surface area contributed by atoms with Crippen molar-refractivity contribution in [1.82, 2.24) is 9.78 Å². The van der Waals surface area contributed by atoms with Crippen molar-refractivity contribution in [3.63, 3.8) is 0 Å². The minimum atomic E-state index is -0.234. The third-order valence-electron chi connectivity index (χ3n) is 4.32. The quantitative estimate of drug-likeness (QED) is 0.875. The van der Waals surface area contributed by atoms with Gasteiger partial charge in [-0.2, -0.15) is 5.10 Å². The normalized spacial score (nSPS) is 25.1. The van der Waals surface area contributed by atoms with Gasteiger partial charge in [-0.05, 0) is 37.2 Å². The summed E-state index contributed by atoms with van der Waals surface area (Å²) in [7, 11) is 1.95. The van der Waals surface area contributed by atoms with E-state index in [1.54, 1.807) is 0 Å². The molecule has 1 aliphatic carbocycles. The van der Waals surface area contributed by atoms with Crippen LogP contribution >= 0.6 is 0 Å². The molecular formula is C14H24N2O. The van der Waals surface area contributed by atoms with Crippen LogP contribution in [0.15, 0.2) is 6.07 Å². The minimum absolute atomic E-state index is 0.234. The van der Waals surface area contributed by atoms with Crippen LogP contribution in [-0.2, 0) is 13.5 Å². The lowest BCUT2D eigenvalue weighted by atomic mass is 9.77. The number of rotatable bonds is 3. The van der Waals surface area contributed by atoms with E-state index in [9.17, 15) is 5.11 Å². The standard InChI is InChI=1S/C14H24N2O/c1-10-8-11(16(4)15-10)9-13(17)12-6-5-7-14(12,2)3/h8,12-13,17H,5-7,9H2,1-4H3. The molecule has 2 unspecified atom stereocenters. The largest absolute Gasteiger partial charge is 0.392 e. The van der Waals surface area contributed by atoms with Crippen LogP contribution in [0, 0.1) is 18.3 Å². The molecule has 0 amide bonds. The first-order chi connectivity index (χ1) is 7.90. The Labute approximate surface area is 104 Å². The van der Waals surface area contributed by atoms with Gasteiger partial charge in [0.15, 0.2) is 0 Å². The Kier molecular flexibility index (Phi) is 3.30. The van der Waals surface area contributed by atoms with E-state index in [1.165, 1.54) is 12.8 Å². The molecule has 1 heterocycles. The van der Waals surface area contributed by atoms with Gasteiger partial charge in [0.2, 0.25) is 0 Å². The first-order valence-corrected chi connectivity index (χ1v) is 6.58. The van der Waals surface area contributed by atoms with Gasteiger partial charge in [0.25, 0.3) is 0 Å². The number of aromatic nitrogens is 2. The summed E-state index contributed by atoms with van der Waals surface area (Å²) < 4.78 is 1.89. The van der Waals surface area contributed by atoms with Crippen LogP contribution in [0.3, 0.4) is 0 Å². The monoisotopic (exact) mass is 236 g/mol. The Balaban J connectivity index is 2.06. The molecule has 0 aromatic carbocycles. The van der Waals surface area contributed by atoms with E-state index in [1.807, 2.05) is 18.7 Å². The predicted molar refractivity (Wildman–Crippen MR) is 68.8 cm³/mol. The maximum Gasteiger partial charge on any atom is 0.0628 e. The molecule has 3 heteroatoms. The molecule has 17 heavy (non-hydrogen) atoms. The molecular weight excluding hydrogens is 212 g/mol. The average Bonchev–Trinajstić information content (AvgIpc) is 2.69. The Morgan fingerprint density at radius 3 is 2.76 bits per heavy atom. The predicted octanol–water partition coefficient (Wildman–Crippen LogP) is 2.46. The molecule has 96 valence electrons. The summed E-state index contributed by atoms with van der Waals surface area (Å²) in [5, 5.41) is 14.8. The van der Waals surface area contributed by atoms with E-state index in [4.69, 9.17) is 0 Å². The summed E-state index contributed by atoms with van der Waals surface area (Å²) in [4.78, 5) is 0. The second-order valence-electron chi connectivity index (χ2n) is 6.16. The third kappa shape index (κ3) is 2.54. The molecule has 3 nitrogen and oxygen atoms in total. The van der Waals surface area contributed by atoms with Gasteiger partial charge in [-0.15, -0.1) is 0 Å². The van der Waals surface area contributed by atoms with Gasteiger partial charge in [0.05, 0.1) is 11.8 Å². The summed E-state index contributed by atoms with van der Waals surface area (Å²) in [6, 6.07) is 2.07. The Hall–Kier alpha value is -0.830. The summed E-state index contributed by atoms with van der Waals surface area (Å²) >= 11 is 0. The van der Waals surface area contributed by atoms with Crippen molar-refractivity contribution < 1.29 is 5.11 Å². The van der Waals surface area contributed by atoms with Crippen LogP contribution < -0.4 is 0 Å². The molecule has 1 fully saturated rings. The maximum atomic E-state index is 10.4. The molecule has 0 bridgehead atoms. The number of aliphatic hydroxyl groups excluding tert-OH is 1. The van der Waals surface area contributed by atoms with E-state index >= 15 is 0 Å². The number of hydrogen-bond donors (Lipinski definition) is 1. The van der Waals surface area contributed by atoms with Gasteiger partial charge in [-0.25, -0.2) is 0 Å². The lowest BCUT2D eigenvalue weighted by Crippen LogP contribution is -2.31. The van der Waals surface area contributed by atoms with Gasteiger partial charge in [0, 0.05) is 19.2 Å². The van der Waals surface area contributed by atoms with Crippen molar-refractivity contribution in [2.45, 2.75) is 52.6 Å². The third-order valence-corrected chi connectivity index (χ3v) is 4.32. The van der Waals surface area contributed by atoms with Gasteiger partial charge in [-0.1, -0.05) is 20.3 Å². The maximum absolute atomic E-state index is 10.4. The fraction of sp³-hybridized carbons (Fsp3) is 0.786. The smallest absolute Gasteiger partial charge is 0.0628 e. The second kappa shape index (κ2) is 4.45. The van der Waals surface area contributed by atoms with E-state index in [0.717, 1.165) is 24.2 Å². The van der Waals surface area contributed by atoms with Crippen LogP contribution in [0.5, 0.6) is 0 Å². The molecule has 1 aliphatic rings. The van der Waals surface area contributed by atoms with Crippen LogP contribution in [0.1, 0.15) is 44.5 Å². The number of aliphatic hydroxyl groups is 1. The van der Waals surface area contributed by atoms with Gasteiger partial charge in [0.1, 0.15) is 0 Å². The molecule has 2 rings (SSSR count). The Bertz CT molecular complexity index is 395. The molecule has 0 radical (unpaired) electrons. The highest BCUT2D eigenvalue weighted by Gasteiger charge is 2.38. The molecule has 1 N–H and O–H groups in total. The number of aryl methyl sites for hydroxylation is 2. The van der Waals surface area contributed by atoms with Crippen LogP contribution in [0.4, 0.5) is 0 Å². The van der Waals surface area contributed by atoms with Crippen molar-refractivity contribution in [2.75, 3.05) is 0 Å². The zero-order valence-electron chi connectivity index (χ0n) is 11.4. The molecule has 0 spiro atoms. The molecule has 1 aromatic heterocycles. The van der Waals surface area contributed by atoms with Crippen molar-refractivity contribution in [3.05, 3.63) is 17.5 Å². The zero-order valence-corrected chi connectivity index (χ0v) is 11.4. The minimum Gasteiger partial charge on any atom is -0.392 e. The SMILES string of the molecule is Cc1cc(CC(O)C2CCCC2(C)C)n(C)n1. The van der Waals surface area contributed by atoms with E-state index in [2.05, 4.69) is 25.0 Å². The molecule has 0 saturated heterocycles. The molecule has 2 atom stereocenters. The van der Waals surface area contributed by atoms with Crippen molar-refractivity contribution in [3.8, 4) is 0 Å². The topological polar surface area (TPSA) is 38.0 Å². The highest BCUT2D eigenvalue weighted by atomic mass is 16.3. The second-order valence-corrected chi connectivity index (χ2v) is 6.16. The van der Waals surface area contributed by atoms with Crippen molar-refractivity contribution in [2.24, 2.45) is 18.4 Å². The van der Waals surface area contributed by atoms with E-state index in [0.29, 0.717) is 5.92 Å². The first kappa shape index (κ1) is 12.6. The summed E-state index contributed by atoms with van der Waals surface area (Å²) in [5.74, 6) is 0.428. The van der Waals surface area contributed by atoms with Crippen molar-refractivity contribution in [1.29, 1.82) is 0 Å². The molecule has 1 aromatic rings. The van der Waals surface area contributed by atoms with Crippen molar-refractivity contribution >= 4 is 0 Å². The fourth-order valence-electron chi connectivity index (χ4n) is 3.28. The average molecular weight is 236 g/mol. The highest BCUT2D eigenvalue weighted by molar-refractivity contribution is 5.10. The van der Waals surface area contributed by atoms with Gasteiger partial charge < -0.3 is 5.11 Å². The van der Waals surface area contributed by atoms with Gasteiger partial charge >= 0.3 is 0 Å². The number of nitrogens with zero attached hydrogens (tertiary/aromatic N) is 2. The zero-order chi connectivity index (χ0) is 12.6. The van der Waals surface area contributed by atoms with E-state index in [-0.39, 0.29) is 11.5 Å². The Morgan fingerprint density at radius 2 is 2.29 bits per heavy atom. The lowest BCUT2D eigenvalue weighted by molar-refractivity contribution is 0.0529. The summed E-state index contributed by atoms with van der Waals surface area (Å²) in [5.41, 5.74) is 2.45. The summed E-state index contributed by atoms with van der Waals surface area (Å²) in [6.45, 7) is 6.56. The van der Waals surface area contributed by atoms with Crippen LogP contribution in [0.25, 0.3) is 0 Å². The summed E-state index contributed by atoms with van der Waals surface area (Å²) in [6.07, 6.45) is 4.14.